The summed E-state index contributed by atoms with van der Waals surface area (Å²) in [5, 5.41) is 9.88. The maximum atomic E-state index is 5.63. The Morgan fingerprint density at radius 1 is 1.28 bits per heavy atom. The van der Waals surface area contributed by atoms with Crippen LogP contribution in [0.2, 0.25) is 0 Å². The van der Waals surface area contributed by atoms with E-state index in [-0.39, 0.29) is 5.95 Å². The molecule has 0 radical (unpaired) electrons. The number of nitrogens with two attached hydrogens (primary N) is 1. The molecule has 8 nitrogen and oxygen atoms in total. The molecule has 0 aliphatic rings. The van der Waals surface area contributed by atoms with Gasteiger partial charge in [-0.3, -0.25) is 0 Å². The van der Waals surface area contributed by atoms with Crippen molar-refractivity contribution >= 4 is 17.6 Å². The van der Waals surface area contributed by atoms with E-state index in [2.05, 4.69) is 42.2 Å². The molecule has 0 aliphatic carbocycles. The second-order valence-electron chi connectivity index (χ2n) is 3.62. The number of anilines is 3. The third-order valence-corrected chi connectivity index (χ3v) is 2.13. The minimum Gasteiger partial charge on any atom is -0.370 e. The van der Waals surface area contributed by atoms with E-state index in [4.69, 9.17) is 5.73 Å². The Morgan fingerprint density at radius 2 is 2.06 bits per heavy atom. The van der Waals surface area contributed by atoms with Gasteiger partial charge in [-0.1, -0.05) is 12.1 Å². The monoisotopic (exact) mass is 249 g/mol. The van der Waals surface area contributed by atoms with E-state index in [9.17, 15) is 0 Å². The van der Waals surface area contributed by atoms with Gasteiger partial charge in [0.05, 0.1) is 6.54 Å². The standard InChI is InChI=1S/C10H15N7O/c1-2-3-12-7-4-8(16-10(11)15-7)13-5-9-14-6-18-17-9/h4,6H,2-3,5H2,1H3,(H4,11,12,13,15,16). The van der Waals surface area contributed by atoms with Gasteiger partial charge in [-0.05, 0) is 6.42 Å². The number of hydrogen-bond donors (Lipinski definition) is 3. The molecule has 0 aromatic carbocycles. The summed E-state index contributed by atoms with van der Waals surface area (Å²) in [5.74, 6) is 2.08. The van der Waals surface area contributed by atoms with Crippen LogP contribution >= 0.6 is 0 Å². The third-order valence-electron chi connectivity index (χ3n) is 2.13. The first-order valence-corrected chi connectivity index (χ1v) is 5.65. The van der Waals surface area contributed by atoms with Crippen LogP contribution in [0.15, 0.2) is 17.0 Å². The Kier molecular flexibility index (Phi) is 3.90. The van der Waals surface area contributed by atoms with Crippen molar-refractivity contribution in [2.45, 2.75) is 19.9 Å². The van der Waals surface area contributed by atoms with Crippen LogP contribution in [0.5, 0.6) is 0 Å². The van der Waals surface area contributed by atoms with Crippen LogP contribution in [0.4, 0.5) is 17.6 Å². The highest BCUT2D eigenvalue weighted by Gasteiger charge is 2.03. The quantitative estimate of drug-likeness (QED) is 0.691. The van der Waals surface area contributed by atoms with Crippen LogP contribution in [0.3, 0.4) is 0 Å². The molecule has 0 amide bonds. The van der Waals surface area contributed by atoms with E-state index >= 15 is 0 Å². The molecule has 0 atom stereocenters. The number of rotatable bonds is 6. The van der Waals surface area contributed by atoms with Crippen molar-refractivity contribution in [3.05, 3.63) is 18.3 Å². The molecule has 96 valence electrons. The average Bonchev–Trinajstić information content (AvgIpc) is 2.86. The molecule has 0 saturated carbocycles. The maximum Gasteiger partial charge on any atom is 0.223 e. The summed E-state index contributed by atoms with van der Waals surface area (Å²) >= 11 is 0. The fourth-order valence-electron chi connectivity index (χ4n) is 1.34. The molecule has 2 heterocycles. The zero-order valence-electron chi connectivity index (χ0n) is 10.1. The first-order chi connectivity index (χ1) is 8.78. The van der Waals surface area contributed by atoms with Crippen LogP contribution in [-0.2, 0) is 6.54 Å². The first-order valence-electron chi connectivity index (χ1n) is 5.65. The molecule has 0 spiro atoms. The number of nitrogens with one attached hydrogen (secondary N) is 2. The summed E-state index contributed by atoms with van der Waals surface area (Å²) in [7, 11) is 0. The predicted octanol–water partition coefficient (Wildman–Crippen LogP) is 0.876. The van der Waals surface area contributed by atoms with Gasteiger partial charge in [0.25, 0.3) is 0 Å². The SMILES string of the molecule is CCCNc1cc(NCc2ncon2)nc(N)n1. The van der Waals surface area contributed by atoms with Gasteiger partial charge in [-0.25, -0.2) is 0 Å². The molecule has 0 bridgehead atoms. The van der Waals surface area contributed by atoms with Gasteiger partial charge < -0.3 is 20.9 Å². The normalized spacial score (nSPS) is 10.3. The first kappa shape index (κ1) is 12.1. The molecule has 0 fully saturated rings. The number of hydrogen-bond acceptors (Lipinski definition) is 8. The summed E-state index contributed by atoms with van der Waals surface area (Å²) < 4.78 is 4.63. The van der Waals surface area contributed by atoms with Crippen molar-refractivity contribution in [1.29, 1.82) is 0 Å². The summed E-state index contributed by atoms with van der Waals surface area (Å²) in [6.07, 6.45) is 2.29. The second-order valence-corrected chi connectivity index (χ2v) is 3.62. The van der Waals surface area contributed by atoms with Gasteiger partial charge in [0, 0.05) is 12.6 Å². The average molecular weight is 249 g/mol. The van der Waals surface area contributed by atoms with Crippen molar-refractivity contribution in [3.8, 4) is 0 Å². The molecule has 0 unspecified atom stereocenters. The fourth-order valence-corrected chi connectivity index (χ4v) is 1.34. The Morgan fingerprint density at radius 3 is 2.72 bits per heavy atom. The summed E-state index contributed by atoms with van der Waals surface area (Å²) in [6, 6.07) is 1.78. The van der Waals surface area contributed by atoms with Crippen LogP contribution in [0.25, 0.3) is 0 Å². The van der Waals surface area contributed by atoms with Crippen LogP contribution in [0.1, 0.15) is 19.2 Å². The van der Waals surface area contributed by atoms with Crippen LogP contribution in [0, 0.1) is 0 Å². The van der Waals surface area contributed by atoms with Gasteiger partial charge in [-0.15, -0.1) is 0 Å². The molecule has 2 rings (SSSR count). The lowest BCUT2D eigenvalue weighted by Crippen LogP contribution is -2.09. The molecular weight excluding hydrogens is 234 g/mol. The highest BCUT2D eigenvalue weighted by Crippen LogP contribution is 2.12. The Hall–Kier alpha value is -2.38. The predicted molar refractivity (Wildman–Crippen MR) is 66.8 cm³/mol. The Balaban J connectivity index is 2.00. The minimum absolute atomic E-state index is 0.215. The lowest BCUT2D eigenvalue weighted by molar-refractivity contribution is 0.411. The van der Waals surface area contributed by atoms with E-state index in [0.717, 1.165) is 13.0 Å². The van der Waals surface area contributed by atoms with Crippen LogP contribution in [-0.4, -0.2) is 26.7 Å². The van der Waals surface area contributed by atoms with Gasteiger partial charge >= 0.3 is 0 Å². The van der Waals surface area contributed by atoms with E-state index < -0.39 is 0 Å². The maximum absolute atomic E-state index is 5.63. The van der Waals surface area contributed by atoms with Crippen molar-refractivity contribution in [1.82, 2.24) is 20.1 Å². The van der Waals surface area contributed by atoms with E-state index in [0.29, 0.717) is 24.0 Å². The van der Waals surface area contributed by atoms with E-state index in [1.165, 1.54) is 6.39 Å². The highest BCUT2D eigenvalue weighted by molar-refractivity contribution is 5.50. The van der Waals surface area contributed by atoms with E-state index in [1.54, 1.807) is 6.07 Å². The molecular formula is C10H15N7O. The molecule has 0 aliphatic heterocycles. The van der Waals surface area contributed by atoms with Gasteiger partial charge in [0.1, 0.15) is 11.6 Å². The molecule has 8 heteroatoms. The van der Waals surface area contributed by atoms with Gasteiger partial charge in [-0.2, -0.15) is 15.0 Å². The largest absolute Gasteiger partial charge is 0.370 e. The summed E-state index contributed by atoms with van der Waals surface area (Å²) in [6.45, 7) is 3.33. The Labute approximate surface area is 104 Å². The Bertz CT molecular complexity index is 485. The minimum atomic E-state index is 0.215. The topological polar surface area (TPSA) is 115 Å². The third kappa shape index (κ3) is 3.30. The fraction of sp³-hybridized carbons (Fsp3) is 0.400. The van der Waals surface area contributed by atoms with Crippen LogP contribution < -0.4 is 16.4 Å². The molecule has 2 aromatic heterocycles. The number of nitrogens with zero attached hydrogens (tertiary/aromatic N) is 4. The van der Waals surface area contributed by atoms with Crippen molar-refractivity contribution in [2.24, 2.45) is 0 Å². The zero-order chi connectivity index (χ0) is 12.8. The van der Waals surface area contributed by atoms with Crippen molar-refractivity contribution in [3.63, 3.8) is 0 Å². The summed E-state index contributed by atoms with van der Waals surface area (Å²) in [4.78, 5) is 12.0. The zero-order valence-corrected chi connectivity index (χ0v) is 10.1. The summed E-state index contributed by atoms with van der Waals surface area (Å²) in [5.41, 5.74) is 5.63. The molecule has 0 saturated heterocycles. The molecule has 2 aromatic rings. The van der Waals surface area contributed by atoms with Gasteiger partial charge in [0.15, 0.2) is 5.82 Å². The lowest BCUT2D eigenvalue weighted by Gasteiger charge is -2.08. The second kappa shape index (κ2) is 5.80. The smallest absolute Gasteiger partial charge is 0.223 e. The van der Waals surface area contributed by atoms with Gasteiger partial charge in [0.2, 0.25) is 12.3 Å². The number of nitrogen functional groups attached to an aromatic ring is 1. The van der Waals surface area contributed by atoms with Crippen molar-refractivity contribution in [2.75, 3.05) is 22.9 Å². The van der Waals surface area contributed by atoms with Crippen molar-refractivity contribution < 1.29 is 4.52 Å². The van der Waals surface area contributed by atoms with E-state index in [1.807, 2.05) is 0 Å². The molecule has 18 heavy (non-hydrogen) atoms. The number of aromatic nitrogens is 4. The highest BCUT2D eigenvalue weighted by atomic mass is 16.5. The lowest BCUT2D eigenvalue weighted by atomic mass is 10.4. The molecule has 4 N–H and O–H groups in total.